The number of aromatic amines is 1. The van der Waals surface area contributed by atoms with Crippen LogP contribution in [-0.2, 0) is 4.79 Å². The van der Waals surface area contributed by atoms with Crippen LogP contribution in [0.5, 0.6) is 0 Å². The van der Waals surface area contributed by atoms with E-state index in [1.165, 1.54) is 18.1 Å². The number of amides is 1. The van der Waals surface area contributed by atoms with Crippen molar-refractivity contribution in [2.45, 2.75) is 0 Å². The van der Waals surface area contributed by atoms with Crippen molar-refractivity contribution in [3.63, 3.8) is 0 Å². The molecule has 2 N–H and O–H groups in total. The molecule has 0 spiro atoms. The summed E-state index contributed by atoms with van der Waals surface area (Å²) in [5, 5.41) is 9.16. The first kappa shape index (κ1) is 14.5. The van der Waals surface area contributed by atoms with Crippen LogP contribution in [-0.4, -0.2) is 38.4 Å². The van der Waals surface area contributed by atoms with Crippen LogP contribution in [0.4, 0.5) is 5.95 Å². The normalized spacial score (nSPS) is 10.2. The number of thioether (sulfide) groups is 1. The molecule has 20 heavy (non-hydrogen) atoms. The van der Waals surface area contributed by atoms with Gasteiger partial charge in [0.25, 0.3) is 0 Å². The maximum absolute atomic E-state index is 11.9. The van der Waals surface area contributed by atoms with Gasteiger partial charge in [0.15, 0.2) is 5.78 Å². The van der Waals surface area contributed by atoms with Crippen LogP contribution in [0.3, 0.4) is 0 Å². The van der Waals surface area contributed by atoms with Gasteiger partial charge in [-0.2, -0.15) is 10.1 Å². The Bertz CT molecular complexity index is 603. The Morgan fingerprint density at radius 3 is 2.90 bits per heavy atom. The molecule has 0 atom stereocenters. The molecule has 0 fully saturated rings. The molecule has 1 heterocycles. The second-order valence-corrected chi connectivity index (χ2v) is 5.23. The first-order chi connectivity index (χ1) is 9.65. The summed E-state index contributed by atoms with van der Waals surface area (Å²) in [4.78, 5) is 27.2. The molecule has 0 saturated heterocycles. The van der Waals surface area contributed by atoms with Crippen LogP contribution in [0.25, 0.3) is 0 Å². The van der Waals surface area contributed by atoms with E-state index >= 15 is 0 Å². The number of nitrogens with one attached hydrogen (secondary N) is 2. The van der Waals surface area contributed by atoms with Gasteiger partial charge in [0.05, 0.1) is 11.5 Å². The van der Waals surface area contributed by atoms with Crippen molar-refractivity contribution in [1.82, 2.24) is 15.2 Å². The molecule has 1 aromatic carbocycles. The number of H-pyrrole nitrogens is 1. The molecular formula is C12H11ClN4O2S. The van der Waals surface area contributed by atoms with Gasteiger partial charge in [0, 0.05) is 10.6 Å². The summed E-state index contributed by atoms with van der Waals surface area (Å²) in [6, 6.07) is 6.73. The molecule has 2 aromatic rings. The molecule has 0 aliphatic heterocycles. The maximum atomic E-state index is 11.9. The number of ketones is 1. The van der Waals surface area contributed by atoms with E-state index in [0.29, 0.717) is 10.6 Å². The monoisotopic (exact) mass is 310 g/mol. The number of halogens is 1. The van der Waals surface area contributed by atoms with E-state index in [2.05, 4.69) is 20.5 Å². The smallest absolute Gasteiger partial charge is 0.236 e. The van der Waals surface area contributed by atoms with Crippen molar-refractivity contribution >= 4 is 41.0 Å². The van der Waals surface area contributed by atoms with E-state index in [0.717, 1.165) is 0 Å². The summed E-state index contributed by atoms with van der Waals surface area (Å²) < 4.78 is 0. The fourth-order valence-electron chi connectivity index (χ4n) is 1.42. The van der Waals surface area contributed by atoms with Crippen molar-refractivity contribution in [3.05, 3.63) is 41.2 Å². The van der Waals surface area contributed by atoms with Crippen molar-refractivity contribution < 1.29 is 9.59 Å². The van der Waals surface area contributed by atoms with Gasteiger partial charge in [-0.25, -0.2) is 5.10 Å². The Morgan fingerprint density at radius 2 is 2.20 bits per heavy atom. The lowest BCUT2D eigenvalue weighted by atomic mass is 10.1. The van der Waals surface area contributed by atoms with E-state index in [4.69, 9.17) is 11.6 Å². The zero-order valence-corrected chi connectivity index (χ0v) is 11.9. The molecule has 1 amide bonds. The van der Waals surface area contributed by atoms with Crippen LogP contribution < -0.4 is 5.32 Å². The Balaban J connectivity index is 1.75. The first-order valence-electron chi connectivity index (χ1n) is 5.67. The number of benzene rings is 1. The van der Waals surface area contributed by atoms with Gasteiger partial charge >= 0.3 is 0 Å². The molecule has 0 saturated carbocycles. The highest BCUT2D eigenvalue weighted by molar-refractivity contribution is 8.00. The van der Waals surface area contributed by atoms with Gasteiger partial charge in [-0.1, -0.05) is 23.7 Å². The molecule has 104 valence electrons. The molecule has 0 bridgehead atoms. The zero-order chi connectivity index (χ0) is 14.4. The molecular weight excluding hydrogens is 300 g/mol. The van der Waals surface area contributed by atoms with Crippen LogP contribution >= 0.6 is 23.4 Å². The van der Waals surface area contributed by atoms with E-state index in [1.54, 1.807) is 24.3 Å². The minimum atomic E-state index is -0.245. The standard InChI is InChI=1S/C12H11ClN4O2S/c13-9-3-1-2-8(4-9)10(18)5-20-6-11(19)16-12-14-7-15-17-12/h1-4,7H,5-6H2,(H2,14,15,16,17,19). The fourth-order valence-corrected chi connectivity index (χ4v) is 2.32. The molecule has 6 nitrogen and oxygen atoms in total. The molecule has 1 aromatic heterocycles. The zero-order valence-electron chi connectivity index (χ0n) is 10.3. The lowest BCUT2D eigenvalue weighted by molar-refractivity contribution is -0.113. The molecule has 0 unspecified atom stereocenters. The number of carbonyl (C=O) groups excluding carboxylic acids is 2. The van der Waals surface area contributed by atoms with Gasteiger partial charge in [-0.3, -0.25) is 14.9 Å². The van der Waals surface area contributed by atoms with Gasteiger partial charge in [-0.15, -0.1) is 11.8 Å². The van der Waals surface area contributed by atoms with Crippen molar-refractivity contribution in [1.29, 1.82) is 0 Å². The third-order valence-electron chi connectivity index (χ3n) is 2.29. The predicted molar refractivity (Wildman–Crippen MR) is 78.1 cm³/mol. The SMILES string of the molecule is O=C(CSCC(=O)c1cccc(Cl)c1)Nc1ncn[nH]1. The summed E-state index contributed by atoms with van der Waals surface area (Å²) in [6.07, 6.45) is 1.30. The summed E-state index contributed by atoms with van der Waals surface area (Å²) >= 11 is 7.04. The quantitative estimate of drug-likeness (QED) is 0.797. The molecule has 0 aliphatic carbocycles. The molecule has 0 radical (unpaired) electrons. The molecule has 0 aliphatic rings. The maximum Gasteiger partial charge on any atom is 0.236 e. The molecule has 2 rings (SSSR count). The van der Waals surface area contributed by atoms with E-state index < -0.39 is 0 Å². The average molecular weight is 311 g/mol. The summed E-state index contributed by atoms with van der Waals surface area (Å²) in [5.74, 6) is 0.351. The van der Waals surface area contributed by atoms with E-state index in [9.17, 15) is 9.59 Å². The van der Waals surface area contributed by atoms with Crippen molar-refractivity contribution in [3.8, 4) is 0 Å². The summed E-state index contributed by atoms with van der Waals surface area (Å²) in [5.41, 5.74) is 0.542. The Kier molecular flexibility index (Phi) is 5.14. The lowest BCUT2D eigenvalue weighted by Gasteiger charge is -2.02. The number of carbonyl (C=O) groups is 2. The number of hydrogen-bond donors (Lipinski definition) is 2. The average Bonchev–Trinajstić information content (AvgIpc) is 2.91. The van der Waals surface area contributed by atoms with Gasteiger partial charge in [0.2, 0.25) is 11.9 Å². The van der Waals surface area contributed by atoms with Crippen LogP contribution in [0, 0.1) is 0 Å². The fraction of sp³-hybridized carbons (Fsp3) is 0.167. The van der Waals surface area contributed by atoms with Crippen molar-refractivity contribution in [2.75, 3.05) is 16.8 Å². The predicted octanol–water partition coefficient (Wildman–Crippen LogP) is 2.01. The topological polar surface area (TPSA) is 87.7 Å². The minimum Gasteiger partial charge on any atom is -0.294 e. The second kappa shape index (κ2) is 7.06. The number of anilines is 1. The van der Waals surface area contributed by atoms with Gasteiger partial charge in [-0.05, 0) is 12.1 Å². The third-order valence-corrected chi connectivity index (χ3v) is 3.45. The van der Waals surface area contributed by atoms with E-state index in [1.807, 2.05) is 0 Å². The number of Topliss-reactive ketones (excluding diaryl/α,β-unsaturated/α-hetero) is 1. The highest BCUT2D eigenvalue weighted by Gasteiger charge is 2.09. The van der Waals surface area contributed by atoms with Crippen molar-refractivity contribution in [2.24, 2.45) is 0 Å². The Labute approximate surface area is 124 Å². The molecule has 8 heteroatoms. The first-order valence-corrected chi connectivity index (χ1v) is 7.20. The lowest BCUT2D eigenvalue weighted by Crippen LogP contribution is -2.16. The van der Waals surface area contributed by atoms with Crippen LogP contribution in [0.2, 0.25) is 5.02 Å². The number of aromatic nitrogens is 3. The summed E-state index contributed by atoms with van der Waals surface area (Å²) in [7, 11) is 0. The second-order valence-electron chi connectivity index (χ2n) is 3.81. The Morgan fingerprint density at radius 1 is 1.35 bits per heavy atom. The third kappa shape index (κ3) is 4.36. The van der Waals surface area contributed by atoms with Crippen LogP contribution in [0.1, 0.15) is 10.4 Å². The number of hydrogen-bond acceptors (Lipinski definition) is 5. The van der Waals surface area contributed by atoms with Crippen LogP contribution in [0.15, 0.2) is 30.6 Å². The number of rotatable bonds is 6. The van der Waals surface area contributed by atoms with Gasteiger partial charge < -0.3 is 0 Å². The van der Waals surface area contributed by atoms with Gasteiger partial charge in [0.1, 0.15) is 6.33 Å². The minimum absolute atomic E-state index is 0.0648. The number of nitrogens with zero attached hydrogens (tertiary/aromatic N) is 2. The highest BCUT2D eigenvalue weighted by Crippen LogP contribution is 2.13. The van der Waals surface area contributed by atoms with E-state index in [-0.39, 0.29) is 29.1 Å². The summed E-state index contributed by atoms with van der Waals surface area (Å²) in [6.45, 7) is 0. The Hall–Kier alpha value is -1.86. The highest BCUT2D eigenvalue weighted by atomic mass is 35.5. The largest absolute Gasteiger partial charge is 0.294 e.